The third-order valence-electron chi connectivity index (χ3n) is 13.8. The van der Waals surface area contributed by atoms with Crippen LogP contribution in [0.2, 0.25) is 0 Å². The van der Waals surface area contributed by atoms with Crippen molar-refractivity contribution in [2.24, 2.45) is 7.05 Å². The summed E-state index contributed by atoms with van der Waals surface area (Å²) >= 11 is 0. The number of phosphoric acid groups is 4. The molecule has 6 aromatic heterocycles. The first-order valence-electron chi connectivity index (χ1n) is 24.1. The zero-order chi connectivity index (χ0) is 61.0. The molecule has 4 aliphatic rings. The van der Waals surface area contributed by atoms with Crippen LogP contribution >= 0.6 is 31.3 Å². The quantitative estimate of drug-likeness (QED) is 0.0212. The minimum absolute atomic E-state index is 0.0111. The number of aromatic nitrogens is 12. The van der Waals surface area contributed by atoms with Crippen LogP contribution < -0.4 is 32.9 Å². The van der Waals surface area contributed by atoms with Crippen LogP contribution in [0.25, 0.3) is 33.5 Å². The van der Waals surface area contributed by atoms with Gasteiger partial charge in [-0.2, -0.15) is 13.6 Å². The van der Waals surface area contributed by atoms with E-state index in [4.69, 9.17) is 59.0 Å². The number of methoxy groups -OCH3 is 1. The van der Waals surface area contributed by atoms with E-state index < -0.39 is 164 Å². The molecule has 6 aromatic rings. The highest BCUT2D eigenvalue weighted by Gasteiger charge is 2.69. The molecule has 0 spiro atoms. The van der Waals surface area contributed by atoms with Gasteiger partial charge in [0.25, 0.3) is 17.1 Å². The highest BCUT2D eigenvalue weighted by molar-refractivity contribution is 7.89. The van der Waals surface area contributed by atoms with Crippen molar-refractivity contribution in [3.8, 4) is 0 Å². The fourth-order valence-corrected chi connectivity index (χ4v) is 15.3. The number of phosphoric ester groups is 3. The molecular formula is C37H53N16O26P4S+. The van der Waals surface area contributed by atoms with Crippen LogP contribution in [-0.2, 0) is 85.7 Å². The summed E-state index contributed by atoms with van der Waals surface area (Å²) in [7, 11) is -22.9. The summed E-state index contributed by atoms with van der Waals surface area (Å²) in [5.41, 5.74) is 13.2. The lowest BCUT2D eigenvalue weighted by molar-refractivity contribution is -0.753. The predicted octanol–water partition coefficient (Wildman–Crippen LogP) is -4.65. The molecule has 15 N–H and O–H groups in total. The smallest absolute Gasteiger partial charge is 0.387 e. The number of nitrogens with two attached hydrogens (primary N) is 3. The number of nitrogens with one attached hydrogen (secondary N) is 2. The van der Waals surface area contributed by atoms with Crippen molar-refractivity contribution in [3.05, 3.63) is 46.0 Å². The lowest BCUT2D eigenvalue weighted by Gasteiger charge is -2.36. The largest absolute Gasteiger partial charge is 0.490 e. The third-order valence-corrected chi connectivity index (χ3v) is 20.8. The first-order chi connectivity index (χ1) is 39.2. The number of rotatable bonds is 23. The van der Waals surface area contributed by atoms with E-state index in [1.165, 1.54) is 41.2 Å². The van der Waals surface area contributed by atoms with E-state index in [0.717, 1.165) is 35.0 Å². The number of sulfonamides is 1. The van der Waals surface area contributed by atoms with Crippen LogP contribution in [0.15, 0.2) is 34.9 Å². The molecular weight excluding hydrogens is 1240 g/mol. The number of aryl methyl sites for hydroxylation is 1. The van der Waals surface area contributed by atoms with Crippen molar-refractivity contribution in [2.45, 2.75) is 85.6 Å². The third kappa shape index (κ3) is 11.7. The Kier molecular flexibility index (Phi) is 16.5. The molecule has 7 unspecified atom stereocenters. The SMILES string of the molecule is CO[C@H]1C(OP(=O)(O)OC[C@H]2O[C@@H](n3cnc4c(=O)[nH]c(N)nc43)[C@@H](O)C2O)[C@@H](COP(=O)(O)OP(=O)(O)OP(=O)(O)OC[C@]23O[C@@H]([n+]4cn(C)c5c(=O)[nH]c(N)nc54)C(O[C@H]2CCS(=O)(=O)N(C)C)[C@H]3O)O[C@H]1n1cnc2c(N)ncnc21. The molecule has 10 rings (SSSR count). The number of hydrogen-bond acceptors (Lipinski definition) is 31. The van der Waals surface area contributed by atoms with Crippen molar-refractivity contribution in [3.63, 3.8) is 0 Å². The molecule has 42 nitrogen and oxygen atoms in total. The molecule has 84 heavy (non-hydrogen) atoms. The number of nitrogens with zero attached hydrogens (tertiary/aromatic N) is 11. The van der Waals surface area contributed by atoms with Gasteiger partial charge < -0.3 is 75.8 Å². The van der Waals surface area contributed by atoms with E-state index in [1.807, 2.05) is 0 Å². The molecule has 10 heterocycles. The number of aromatic amines is 2. The Labute approximate surface area is 468 Å². The second-order valence-corrected chi connectivity index (χ2v) is 27.6. The zero-order valence-corrected chi connectivity index (χ0v) is 47.9. The van der Waals surface area contributed by atoms with Gasteiger partial charge >= 0.3 is 36.9 Å². The highest BCUT2D eigenvalue weighted by atomic mass is 32.2. The van der Waals surface area contributed by atoms with Gasteiger partial charge in [0, 0.05) is 21.2 Å². The molecule has 462 valence electrons. The van der Waals surface area contributed by atoms with Crippen LogP contribution in [0.1, 0.15) is 25.1 Å². The van der Waals surface area contributed by atoms with Gasteiger partial charge in [-0.15, -0.1) is 0 Å². The average Bonchev–Trinajstić information content (AvgIpc) is 1.58. The van der Waals surface area contributed by atoms with Gasteiger partial charge in [-0.05, 0) is 6.42 Å². The second-order valence-electron chi connectivity index (χ2n) is 19.3. The Morgan fingerprint density at radius 2 is 1.39 bits per heavy atom. The van der Waals surface area contributed by atoms with E-state index in [9.17, 15) is 71.2 Å². The number of H-pyrrole nitrogens is 2. The first-order valence-corrected chi connectivity index (χ1v) is 31.7. The van der Waals surface area contributed by atoms with E-state index in [-0.39, 0.29) is 51.2 Å². The van der Waals surface area contributed by atoms with E-state index in [1.54, 1.807) is 0 Å². The van der Waals surface area contributed by atoms with Gasteiger partial charge in [-0.25, -0.2) is 55.5 Å². The van der Waals surface area contributed by atoms with Gasteiger partial charge in [0.15, 0.2) is 47.0 Å². The normalized spacial score (nSPS) is 31.0. The minimum atomic E-state index is -6.34. The fraction of sp³-hybridized carbons (Fsp3) is 0.595. The fourth-order valence-electron chi connectivity index (χ4n) is 9.89. The van der Waals surface area contributed by atoms with Crippen molar-refractivity contribution < 1.29 is 117 Å². The van der Waals surface area contributed by atoms with Crippen LogP contribution in [-0.4, -0.2) is 209 Å². The summed E-state index contributed by atoms with van der Waals surface area (Å²) in [6.45, 7) is -3.60. The lowest BCUT2D eigenvalue weighted by Crippen LogP contribution is -2.55. The zero-order valence-electron chi connectivity index (χ0n) is 43.5. The highest BCUT2D eigenvalue weighted by Crippen LogP contribution is 2.68. The number of aliphatic hydroxyl groups excluding tert-OH is 3. The van der Waals surface area contributed by atoms with Crippen LogP contribution in [0.5, 0.6) is 0 Å². The monoisotopic (exact) mass is 1290 g/mol. The maximum Gasteiger partial charge on any atom is 0.490 e. The number of hydrogen-bond donors (Lipinski definition) is 12. The van der Waals surface area contributed by atoms with Crippen molar-refractivity contribution in [1.29, 1.82) is 0 Å². The number of nitrogen functional groups attached to an aromatic ring is 3. The topological polar surface area (TPSA) is 589 Å². The van der Waals surface area contributed by atoms with Crippen molar-refractivity contribution in [1.82, 2.24) is 57.9 Å². The molecule has 0 saturated carbocycles. The summed E-state index contributed by atoms with van der Waals surface area (Å²) in [5.74, 6) is -1.39. The lowest BCUT2D eigenvalue weighted by atomic mass is 9.92. The van der Waals surface area contributed by atoms with E-state index in [0.29, 0.717) is 0 Å². The number of fused-ring (bicyclic) bond motifs is 5. The van der Waals surface area contributed by atoms with Gasteiger partial charge in [0.1, 0.15) is 60.7 Å². The first kappa shape index (κ1) is 61.8. The maximum atomic E-state index is 13.8. The maximum absolute atomic E-state index is 13.8. The van der Waals surface area contributed by atoms with Crippen molar-refractivity contribution in [2.75, 3.05) is 64.0 Å². The van der Waals surface area contributed by atoms with Gasteiger partial charge in [0.05, 0.1) is 51.4 Å². The predicted molar refractivity (Wildman–Crippen MR) is 273 cm³/mol. The van der Waals surface area contributed by atoms with E-state index >= 15 is 0 Å². The van der Waals surface area contributed by atoms with Gasteiger partial charge in [0.2, 0.25) is 27.7 Å². The molecule has 4 aliphatic heterocycles. The molecule has 0 amide bonds. The minimum Gasteiger partial charge on any atom is -0.387 e. The van der Waals surface area contributed by atoms with Crippen molar-refractivity contribution >= 4 is 92.5 Å². The standard InChI is InChI=1S/C37H52N16O26P4S/c1-49(2)84(67,68)6-5-16-37(25(56)24(75-16)34(76-37)53-13-50(3)19-29(53)46-36(40)48-31(19)58)9-72-82(63,64)79-83(65,66)78-81(61,62)71-8-15-22(23(69-4)33(74-15)51-11-43-17-26(38)41-10-42-27(17)51)77-80(59,60)70-7-14-20(54)21(55)32(73-14)52-12-44-18-28(52)45-35(39)47-30(18)57/h10-16,20-25,32-34,54-56H,5-9H2,1-4H3,(H11-,38,39,40,41,42,45,46,47,48,57,58,59,60,61,62,63,64,65,66)/p+1/t14-,15-,16+,20?,21+,22?,23+,24?,25-,32-,33-,34-,37+/m1/s1. The van der Waals surface area contributed by atoms with Crippen LogP contribution in [0, 0.1) is 0 Å². The number of ether oxygens (including phenoxy) is 5. The average molecular weight is 1290 g/mol. The summed E-state index contributed by atoms with van der Waals surface area (Å²) in [4.78, 5) is 97.3. The Morgan fingerprint density at radius 1 is 0.774 bits per heavy atom. The summed E-state index contributed by atoms with van der Waals surface area (Å²) < 4.78 is 144. The Morgan fingerprint density at radius 3 is 2.08 bits per heavy atom. The Hall–Kier alpha value is -5.24. The Bertz CT molecular complexity index is 3960. The molecule has 47 heteroatoms. The number of imidazole rings is 3. The summed E-state index contributed by atoms with van der Waals surface area (Å²) in [6.07, 6.45) is -15.8. The Balaban J connectivity index is 0.836. The second kappa shape index (κ2) is 22.5. The molecule has 2 bridgehead atoms. The van der Waals surface area contributed by atoms with Crippen LogP contribution in [0.3, 0.4) is 0 Å². The molecule has 4 saturated heterocycles. The molecule has 0 aromatic carbocycles. The molecule has 0 aliphatic carbocycles. The molecule has 4 fully saturated rings. The van der Waals surface area contributed by atoms with Gasteiger partial charge in [-0.3, -0.25) is 51.4 Å². The van der Waals surface area contributed by atoms with E-state index in [2.05, 4.69) is 48.5 Å². The molecule has 17 atom stereocenters. The number of anilines is 3. The molecule has 0 radical (unpaired) electrons. The summed E-state index contributed by atoms with van der Waals surface area (Å²) in [6, 6.07) is 0. The number of aliphatic hydroxyl groups is 3. The van der Waals surface area contributed by atoms with Crippen LogP contribution in [0.4, 0.5) is 17.7 Å². The summed E-state index contributed by atoms with van der Waals surface area (Å²) in [5, 5.41) is 33.5. The van der Waals surface area contributed by atoms with Gasteiger partial charge in [-0.1, -0.05) is 4.98 Å².